The van der Waals surface area contributed by atoms with Crippen molar-refractivity contribution < 1.29 is 14.3 Å². The van der Waals surface area contributed by atoms with Crippen LogP contribution in [-0.4, -0.2) is 61.4 Å². The molecule has 6 nitrogen and oxygen atoms in total. The van der Waals surface area contributed by atoms with E-state index in [0.29, 0.717) is 30.8 Å². The third kappa shape index (κ3) is 5.81. The first kappa shape index (κ1) is 20.9. The summed E-state index contributed by atoms with van der Waals surface area (Å²) in [4.78, 5) is 29.4. The maximum Gasteiger partial charge on any atom is 0.254 e. The van der Waals surface area contributed by atoms with Crippen LogP contribution in [0.2, 0.25) is 0 Å². The van der Waals surface area contributed by atoms with Crippen molar-refractivity contribution in [3.8, 4) is 5.75 Å². The number of methoxy groups -OCH3 is 1. The molecule has 1 fully saturated rings. The Balaban J connectivity index is 1.72. The highest BCUT2D eigenvalue weighted by Gasteiger charge is 2.21. The second kappa shape index (κ2) is 10.1. The first-order valence-electron chi connectivity index (χ1n) is 10.0. The van der Waals surface area contributed by atoms with Crippen molar-refractivity contribution in [2.24, 2.45) is 0 Å². The lowest BCUT2D eigenvalue weighted by molar-refractivity contribution is -0.132. The molecule has 1 heterocycles. The van der Waals surface area contributed by atoms with Crippen molar-refractivity contribution in [1.29, 1.82) is 0 Å². The summed E-state index contributed by atoms with van der Waals surface area (Å²) in [6.45, 7) is 6.00. The minimum atomic E-state index is -0.0812. The lowest BCUT2D eigenvalue weighted by Gasteiger charge is -2.29. The van der Waals surface area contributed by atoms with E-state index < -0.39 is 0 Å². The molecule has 0 radical (unpaired) electrons. The molecule has 3 rings (SSSR count). The van der Waals surface area contributed by atoms with Crippen LogP contribution in [-0.2, 0) is 11.3 Å². The SMILES string of the molecule is COc1ccc(C(=O)N(CCC(=O)N2CCNCC2)Cc2cccc(C)c2)cc1. The van der Waals surface area contributed by atoms with Crippen molar-refractivity contribution in [2.45, 2.75) is 19.9 Å². The zero-order valence-corrected chi connectivity index (χ0v) is 17.2. The second-order valence-electron chi connectivity index (χ2n) is 7.33. The van der Waals surface area contributed by atoms with Crippen LogP contribution >= 0.6 is 0 Å². The number of nitrogens with zero attached hydrogens (tertiary/aromatic N) is 2. The number of carbonyl (C=O) groups excluding carboxylic acids is 2. The van der Waals surface area contributed by atoms with Gasteiger partial charge in [-0.05, 0) is 36.8 Å². The van der Waals surface area contributed by atoms with E-state index in [-0.39, 0.29) is 11.8 Å². The maximum atomic E-state index is 13.2. The fraction of sp³-hybridized carbons (Fsp3) is 0.391. The van der Waals surface area contributed by atoms with Crippen LogP contribution in [0.25, 0.3) is 0 Å². The van der Waals surface area contributed by atoms with Gasteiger partial charge in [-0.3, -0.25) is 9.59 Å². The highest BCUT2D eigenvalue weighted by Crippen LogP contribution is 2.16. The van der Waals surface area contributed by atoms with Crippen LogP contribution in [0, 0.1) is 6.92 Å². The Morgan fingerprint density at radius 2 is 1.83 bits per heavy atom. The Morgan fingerprint density at radius 3 is 2.48 bits per heavy atom. The molecule has 0 spiro atoms. The lowest BCUT2D eigenvalue weighted by atomic mass is 10.1. The normalized spacial score (nSPS) is 13.8. The van der Waals surface area contributed by atoms with Crippen molar-refractivity contribution in [2.75, 3.05) is 39.8 Å². The number of benzene rings is 2. The molecular weight excluding hydrogens is 366 g/mol. The number of aryl methyl sites for hydroxylation is 1. The van der Waals surface area contributed by atoms with Crippen molar-refractivity contribution in [1.82, 2.24) is 15.1 Å². The van der Waals surface area contributed by atoms with Gasteiger partial charge in [-0.15, -0.1) is 0 Å². The standard InChI is InChI=1S/C23H29N3O3/c1-18-4-3-5-19(16-18)17-26(13-10-22(27)25-14-11-24-12-15-25)23(28)20-6-8-21(29-2)9-7-20/h3-9,16,24H,10-15,17H2,1-2H3. The molecule has 2 amide bonds. The van der Waals surface area contributed by atoms with Gasteiger partial charge >= 0.3 is 0 Å². The number of carbonyl (C=O) groups is 2. The average Bonchev–Trinajstić information content (AvgIpc) is 2.76. The second-order valence-corrected chi connectivity index (χ2v) is 7.33. The number of hydrogen-bond donors (Lipinski definition) is 1. The van der Waals surface area contributed by atoms with Crippen LogP contribution < -0.4 is 10.1 Å². The molecule has 1 saturated heterocycles. The van der Waals surface area contributed by atoms with Crippen LogP contribution in [0.15, 0.2) is 48.5 Å². The van der Waals surface area contributed by atoms with Crippen LogP contribution in [0.4, 0.5) is 0 Å². The van der Waals surface area contributed by atoms with Gasteiger partial charge < -0.3 is 19.9 Å². The first-order chi connectivity index (χ1) is 14.1. The maximum absolute atomic E-state index is 13.2. The molecule has 29 heavy (non-hydrogen) atoms. The number of rotatable bonds is 7. The van der Waals surface area contributed by atoms with E-state index in [1.807, 2.05) is 30.0 Å². The number of hydrogen-bond acceptors (Lipinski definition) is 4. The molecule has 6 heteroatoms. The summed E-state index contributed by atoms with van der Waals surface area (Å²) >= 11 is 0. The lowest BCUT2D eigenvalue weighted by Crippen LogP contribution is -2.47. The van der Waals surface area contributed by atoms with E-state index in [1.165, 1.54) is 0 Å². The highest BCUT2D eigenvalue weighted by atomic mass is 16.5. The quantitative estimate of drug-likeness (QED) is 0.782. The summed E-state index contributed by atoms with van der Waals surface area (Å²) in [6.07, 6.45) is 0.327. The Hall–Kier alpha value is -2.86. The molecule has 0 saturated carbocycles. The predicted molar refractivity (Wildman–Crippen MR) is 113 cm³/mol. The molecule has 1 aliphatic rings. The van der Waals surface area contributed by atoms with Gasteiger partial charge in [-0.2, -0.15) is 0 Å². The summed E-state index contributed by atoms with van der Waals surface area (Å²) in [6, 6.07) is 15.2. The number of amides is 2. The van der Waals surface area contributed by atoms with Gasteiger partial charge in [-0.1, -0.05) is 29.8 Å². The van der Waals surface area contributed by atoms with Gasteiger partial charge in [0.25, 0.3) is 5.91 Å². The van der Waals surface area contributed by atoms with Crippen LogP contribution in [0.3, 0.4) is 0 Å². The fourth-order valence-corrected chi connectivity index (χ4v) is 3.50. The minimum Gasteiger partial charge on any atom is -0.497 e. The van der Waals surface area contributed by atoms with Crippen LogP contribution in [0.5, 0.6) is 5.75 Å². The van der Waals surface area contributed by atoms with E-state index in [0.717, 1.165) is 37.3 Å². The largest absolute Gasteiger partial charge is 0.497 e. The van der Waals surface area contributed by atoms with Gasteiger partial charge in [0, 0.05) is 51.3 Å². The zero-order chi connectivity index (χ0) is 20.6. The average molecular weight is 396 g/mol. The third-order valence-electron chi connectivity index (χ3n) is 5.15. The zero-order valence-electron chi connectivity index (χ0n) is 17.2. The molecule has 0 aromatic heterocycles. The molecular formula is C23H29N3O3. The number of ether oxygens (including phenoxy) is 1. The Bertz CT molecular complexity index is 830. The minimum absolute atomic E-state index is 0.0812. The van der Waals surface area contributed by atoms with Gasteiger partial charge in [0.2, 0.25) is 5.91 Å². The summed E-state index contributed by atoms with van der Waals surface area (Å²) in [5.74, 6) is 0.728. The first-order valence-corrected chi connectivity index (χ1v) is 10.0. The van der Waals surface area contributed by atoms with Crippen molar-refractivity contribution in [3.63, 3.8) is 0 Å². The van der Waals surface area contributed by atoms with E-state index in [1.54, 1.807) is 36.3 Å². The molecule has 1 N–H and O–H groups in total. The fourth-order valence-electron chi connectivity index (χ4n) is 3.50. The molecule has 154 valence electrons. The summed E-state index contributed by atoms with van der Waals surface area (Å²) in [5.41, 5.74) is 2.80. The number of piperazine rings is 1. The van der Waals surface area contributed by atoms with Gasteiger partial charge in [0.15, 0.2) is 0 Å². The monoisotopic (exact) mass is 395 g/mol. The summed E-state index contributed by atoms with van der Waals surface area (Å²) in [7, 11) is 1.60. The van der Waals surface area contributed by atoms with Gasteiger partial charge in [0.05, 0.1) is 7.11 Å². The Labute approximate surface area is 172 Å². The molecule has 0 bridgehead atoms. The predicted octanol–water partition coefficient (Wildman–Crippen LogP) is 2.47. The van der Waals surface area contributed by atoms with E-state index in [4.69, 9.17) is 4.74 Å². The molecule has 0 unspecified atom stereocenters. The van der Waals surface area contributed by atoms with E-state index >= 15 is 0 Å². The summed E-state index contributed by atoms with van der Waals surface area (Å²) in [5, 5.41) is 3.25. The van der Waals surface area contributed by atoms with Gasteiger partial charge in [0.1, 0.15) is 5.75 Å². The Kier molecular flexibility index (Phi) is 7.25. The van der Waals surface area contributed by atoms with Crippen LogP contribution in [0.1, 0.15) is 27.9 Å². The number of nitrogens with one attached hydrogen (secondary N) is 1. The topological polar surface area (TPSA) is 61.9 Å². The van der Waals surface area contributed by atoms with E-state index in [2.05, 4.69) is 11.4 Å². The molecule has 1 aliphatic heterocycles. The third-order valence-corrected chi connectivity index (χ3v) is 5.15. The Morgan fingerprint density at radius 1 is 1.10 bits per heavy atom. The van der Waals surface area contributed by atoms with Crippen molar-refractivity contribution >= 4 is 11.8 Å². The molecule has 0 atom stereocenters. The van der Waals surface area contributed by atoms with Gasteiger partial charge in [-0.25, -0.2) is 0 Å². The smallest absolute Gasteiger partial charge is 0.254 e. The summed E-state index contributed by atoms with van der Waals surface area (Å²) < 4.78 is 5.18. The van der Waals surface area contributed by atoms with Crippen molar-refractivity contribution in [3.05, 3.63) is 65.2 Å². The van der Waals surface area contributed by atoms with E-state index in [9.17, 15) is 9.59 Å². The molecule has 0 aliphatic carbocycles. The molecule has 2 aromatic carbocycles. The molecule has 2 aromatic rings. The highest BCUT2D eigenvalue weighted by molar-refractivity contribution is 5.94.